The van der Waals surface area contributed by atoms with E-state index in [1.807, 2.05) is 0 Å². The van der Waals surface area contributed by atoms with Gasteiger partial charge >= 0.3 is 6.36 Å². The minimum absolute atomic E-state index is 0.0450. The van der Waals surface area contributed by atoms with E-state index in [1.165, 1.54) is 18.7 Å². The first-order valence-corrected chi connectivity index (χ1v) is 11.2. The molecule has 0 radical (unpaired) electrons. The number of ether oxygens (including phenoxy) is 1. The number of aliphatic imine (C=N–C) groups is 2. The third-order valence-corrected chi connectivity index (χ3v) is 4.94. The average molecular weight is 489 g/mol. The number of rotatable bonds is 10. The smallest absolute Gasteiger partial charge is 0.388 e. The molecule has 1 aromatic rings. The Hall–Kier alpha value is -3.22. The van der Waals surface area contributed by atoms with Crippen LogP contribution in [0, 0.1) is 0 Å². The normalized spacial score (nSPS) is 13.8. The van der Waals surface area contributed by atoms with Crippen molar-refractivity contribution in [2.75, 3.05) is 25.3 Å². The second-order valence-electron chi connectivity index (χ2n) is 6.45. The summed E-state index contributed by atoms with van der Waals surface area (Å²) >= 11 is 0. The average Bonchev–Trinajstić information content (AvgIpc) is 2.74. The van der Waals surface area contributed by atoms with Crippen molar-refractivity contribution in [3.8, 4) is 5.88 Å². The lowest BCUT2D eigenvalue weighted by molar-refractivity contribution is -0.276. The molecule has 0 saturated heterocycles. The number of amides is 1. The van der Waals surface area contributed by atoms with Gasteiger partial charge < -0.3 is 15.0 Å². The summed E-state index contributed by atoms with van der Waals surface area (Å²) in [7, 11) is 1.64. The van der Waals surface area contributed by atoms with Crippen molar-refractivity contribution in [3.63, 3.8) is 0 Å². The van der Waals surface area contributed by atoms with E-state index in [0.717, 1.165) is 17.2 Å². The highest BCUT2D eigenvalue weighted by molar-refractivity contribution is 7.99. The molecule has 0 aliphatic heterocycles. The number of nitrogens with zero attached hydrogens (tertiary/aromatic N) is 5. The lowest BCUT2D eigenvalue weighted by Crippen LogP contribution is -2.47. The predicted octanol–water partition coefficient (Wildman–Crippen LogP) is 3.01. The second-order valence-corrected chi connectivity index (χ2v) is 7.73. The summed E-state index contributed by atoms with van der Waals surface area (Å²) < 4.78 is 53.4. The van der Waals surface area contributed by atoms with Crippen molar-refractivity contribution < 1.29 is 26.9 Å². The molecule has 1 heterocycles. The molecule has 1 aromatic heterocycles. The summed E-state index contributed by atoms with van der Waals surface area (Å²) in [5, 5.41) is 3.12. The zero-order valence-corrected chi connectivity index (χ0v) is 19.6. The summed E-state index contributed by atoms with van der Waals surface area (Å²) in [6.45, 7) is 9.10. The van der Waals surface area contributed by atoms with E-state index in [0.29, 0.717) is 6.42 Å². The Morgan fingerprint density at radius 2 is 2.09 bits per heavy atom. The van der Waals surface area contributed by atoms with E-state index in [2.05, 4.69) is 38.2 Å². The monoisotopic (exact) mass is 488 g/mol. The van der Waals surface area contributed by atoms with Crippen LogP contribution in [-0.4, -0.2) is 64.4 Å². The van der Waals surface area contributed by atoms with Crippen LogP contribution >= 0.6 is 0 Å². The third kappa shape index (κ3) is 8.67. The van der Waals surface area contributed by atoms with Crippen molar-refractivity contribution in [2.45, 2.75) is 32.3 Å². The number of anilines is 1. The van der Waals surface area contributed by atoms with Crippen LogP contribution in [0.4, 0.5) is 18.9 Å². The molecule has 0 aromatic carbocycles. The maximum atomic E-state index is 12.6. The molecule has 0 saturated carbocycles. The molecular formula is C20H27F3N6O3S. The van der Waals surface area contributed by atoms with E-state index in [-0.39, 0.29) is 23.1 Å². The fraction of sp³-hybridized carbons (Fsp3) is 0.400. The first kappa shape index (κ1) is 27.8. The van der Waals surface area contributed by atoms with E-state index < -0.39 is 35.1 Å². The van der Waals surface area contributed by atoms with Gasteiger partial charge in [0.2, 0.25) is 11.8 Å². The molecule has 13 heteroatoms. The van der Waals surface area contributed by atoms with Crippen LogP contribution in [-0.2, 0) is 15.6 Å². The SMILES string of the molecule is C=CCC(NC=NC)N(C)C(=NC(=C)N(C(=O)CC)c1ccc(OC(F)(F)F)nc1)S(C)=O. The molecule has 1 N–H and O–H groups in total. The van der Waals surface area contributed by atoms with E-state index >= 15 is 0 Å². The predicted molar refractivity (Wildman–Crippen MR) is 123 cm³/mol. The minimum Gasteiger partial charge on any atom is -0.388 e. The first-order valence-electron chi connectivity index (χ1n) is 9.61. The first-order chi connectivity index (χ1) is 15.4. The number of aromatic nitrogens is 1. The molecule has 9 nitrogen and oxygen atoms in total. The minimum atomic E-state index is -4.90. The summed E-state index contributed by atoms with van der Waals surface area (Å²) in [4.78, 5) is 27.0. The number of carbonyl (C=O) groups excluding carboxylic acids is 1. The largest absolute Gasteiger partial charge is 0.574 e. The standard InChI is InChI=1S/C20H27F3N6O3S/c1-7-9-16(26-13-24-4)28(5)19(33(6)31)27-14(3)29(18(30)8-2)15-10-11-17(25-12-15)32-20(21,22)23/h7,10-13,16H,1,3,8-9H2,2,4-6H3,(H,24,26). The quantitative estimate of drug-likeness (QED) is 0.235. The lowest BCUT2D eigenvalue weighted by Gasteiger charge is -2.30. The van der Waals surface area contributed by atoms with Gasteiger partial charge in [0, 0.05) is 39.3 Å². The molecule has 0 bridgehead atoms. The van der Waals surface area contributed by atoms with Gasteiger partial charge in [-0.1, -0.05) is 19.6 Å². The molecule has 182 valence electrons. The molecule has 1 rings (SSSR count). The summed E-state index contributed by atoms with van der Waals surface area (Å²) in [6, 6.07) is 2.18. The van der Waals surface area contributed by atoms with Gasteiger partial charge in [0.25, 0.3) is 0 Å². The number of pyridine rings is 1. The number of carbonyl (C=O) groups is 1. The summed E-state index contributed by atoms with van der Waals surface area (Å²) in [6.07, 6.45) is 0.781. The van der Waals surface area contributed by atoms with Crippen molar-refractivity contribution in [2.24, 2.45) is 9.98 Å². The van der Waals surface area contributed by atoms with E-state index in [9.17, 15) is 22.2 Å². The Morgan fingerprint density at radius 3 is 2.55 bits per heavy atom. The highest BCUT2D eigenvalue weighted by atomic mass is 32.2. The van der Waals surface area contributed by atoms with Gasteiger partial charge in [0.05, 0.1) is 29.0 Å². The molecule has 0 spiro atoms. The van der Waals surface area contributed by atoms with Gasteiger partial charge in [-0.15, -0.1) is 19.8 Å². The van der Waals surface area contributed by atoms with Crippen molar-refractivity contribution in [3.05, 3.63) is 43.4 Å². The van der Waals surface area contributed by atoms with E-state index in [4.69, 9.17) is 0 Å². The fourth-order valence-corrected chi connectivity index (χ4v) is 3.34. The van der Waals surface area contributed by atoms with Gasteiger partial charge in [-0.25, -0.2) is 9.98 Å². The zero-order valence-electron chi connectivity index (χ0n) is 18.8. The van der Waals surface area contributed by atoms with Crippen LogP contribution in [0.5, 0.6) is 5.88 Å². The molecule has 2 unspecified atom stereocenters. The Labute approximate surface area is 193 Å². The Morgan fingerprint density at radius 1 is 1.42 bits per heavy atom. The molecular weight excluding hydrogens is 461 g/mol. The van der Waals surface area contributed by atoms with Crippen LogP contribution in [0.25, 0.3) is 0 Å². The Balaban J connectivity index is 3.33. The van der Waals surface area contributed by atoms with Crippen molar-refractivity contribution in [1.82, 2.24) is 15.2 Å². The molecule has 0 aliphatic rings. The number of hydrogen-bond donors (Lipinski definition) is 1. The molecule has 1 amide bonds. The lowest BCUT2D eigenvalue weighted by atomic mass is 10.3. The molecule has 0 fully saturated rings. The highest BCUT2D eigenvalue weighted by Crippen LogP contribution is 2.25. The van der Waals surface area contributed by atoms with Gasteiger partial charge in [0.1, 0.15) is 12.0 Å². The highest BCUT2D eigenvalue weighted by Gasteiger charge is 2.32. The van der Waals surface area contributed by atoms with Gasteiger partial charge in [-0.05, 0) is 6.07 Å². The number of hydrogen-bond acceptors (Lipinski definition) is 6. The Bertz CT molecular complexity index is 919. The van der Waals surface area contributed by atoms with Gasteiger partial charge in [-0.3, -0.25) is 18.9 Å². The molecule has 0 aliphatic carbocycles. The Kier molecular flexibility index (Phi) is 10.7. The molecule has 2 atom stereocenters. The van der Waals surface area contributed by atoms with E-state index in [1.54, 1.807) is 32.0 Å². The fourth-order valence-electron chi connectivity index (χ4n) is 2.57. The maximum Gasteiger partial charge on any atom is 0.574 e. The zero-order chi connectivity index (χ0) is 25.2. The van der Waals surface area contributed by atoms with Gasteiger partial charge in [0.15, 0.2) is 5.17 Å². The van der Waals surface area contributed by atoms with Crippen molar-refractivity contribution in [1.29, 1.82) is 0 Å². The van der Waals surface area contributed by atoms with Crippen molar-refractivity contribution >= 4 is 33.9 Å². The van der Waals surface area contributed by atoms with Crippen LogP contribution in [0.15, 0.2) is 53.4 Å². The number of alkyl halides is 3. The van der Waals surface area contributed by atoms with Crippen LogP contribution < -0.4 is 15.0 Å². The summed E-state index contributed by atoms with van der Waals surface area (Å²) in [5.41, 5.74) is 0.118. The maximum absolute atomic E-state index is 12.6. The van der Waals surface area contributed by atoms with Crippen LogP contribution in [0.2, 0.25) is 0 Å². The third-order valence-electron chi connectivity index (χ3n) is 4.05. The topological polar surface area (TPSA) is 99.5 Å². The second kappa shape index (κ2) is 12.7. The van der Waals surface area contributed by atoms with Crippen LogP contribution in [0.1, 0.15) is 19.8 Å². The summed E-state index contributed by atoms with van der Waals surface area (Å²) in [5.74, 6) is -1.22. The van der Waals surface area contributed by atoms with Crippen LogP contribution in [0.3, 0.4) is 0 Å². The number of amidine groups is 1. The number of nitrogens with one attached hydrogen (secondary N) is 1. The number of halogens is 3. The van der Waals surface area contributed by atoms with Gasteiger partial charge in [-0.2, -0.15) is 0 Å². The molecule has 33 heavy (non-hydrogen) atoms.